The molecule has 1 fully saturated rings. The smallest absolute Gasteiger partial charge is 0.254 e. The van der Waals surface area contributed by atoms with Gasteiger partial charge in [-0.1, -0.05) is 12.1 Å². The molecule has 2 aromatic carbocycles. The molecular weight excluding hydrogens is 507 g/mol. The van der Waals surface area contributed by atoms with Crippen molar-refractivity contribution in [3.05, 3.63) is 81.8 Å². The van der Waals surface area contributed by atoms with Crippen molar-refractivity contribution in [1.29, 1.82) is 0 Å². The average molecular weight is 539 g/mol. The van der Waals surface area contributed by atoms with E-state index >= 15 is 0 Å². The van der Waals surface area contributed by atoms with Crippen LogP contribution < -0.4 is 9.47 Å². The Bertz CT molecular complexity index is 1260. The summed E-state index contributed by atoms with van der Waals surface area (Å²) >= 11 is 1.65. The molecule has 38 heavy (non-hydrogen) atoms. The maximum atomic E-state index is 14.2. The molecule has 200 valence electrons. The highest BCUT2D eigenvalue weighted by Crippen LogP contribution is 2.34. The minimum Gasteiger partial charge on any atom is -0.497 e. The van der Waals surface area contributed by atoms with Crippen molar-refractivity contribution in [1.82, 2.24) is 9.80 Å². The fourth-order valence-corrected chi connectivity index (χ4v) is 5.96. The van der Waals surface area contributed by atoms with Crippen molar-refractivity contribution in [2.24, 2.45) is 0 Å². The number of carbonyl (C=O) groups is 2. The molecule has 3 aromatic rings. The van der Waals surface area contributed by atoms with Crippen molar-refractivity contribution < 1.29 is 28.2 Å². The van der Waals surface area contributed by atoms with E-state index in [1.807, 2.05) is 11.4 Å². The van der Waals surface area contributed by atoms with Crippen LogP contribution in [0.3, 0.4) is 0 Å². The third-order valence-corrected chi connectivity index (χ3v) is 8.04. The van der Waals surface area contributed by atoms with Crippen LogP contribution in [0, 0.1) is 5.82 Å². The number of ether oxygens (including phenoxy) is 3. The van der Waals surface area contributed by atoms with Gasteiger partial charge in [0.05, 0.1) is 19.3 Å². The second-order valence-corrected chi connectivity index (χ2v) is 10.4. The number of carbonyl (C=O) groups excluding carboxylic acids is 2. The van der Waals surface area contributed by atoms with Crippen LogP contribution in [0.5, 0.6) is 11.5 Å². The maximum Gasteiger partial charge on any atom is 0.254 e. The third kappa shape index (κ3) is 5.84. The molecule has 1 aromatic heterocycles. The molecule has 0 saturated carbocycles. The standard InChI is InChI=1S/C29H31FN2O5S/c1-35-21-10-8-20(9-11-21)29(34)31(17-22-5-4-15-36-22)18-28(33)32-14-12-27-23(13-16-38-27)25(32)19-37-26-7-3-2-6-24(26)30/h2-3,6-11,13,16,22,25H,4-5,12,14-15,17-19H2,1H3. The van der Waals surface area contributed by atoms with Gasteiger partial charge in [-0.2, -0.15) is 0 Å². The van der Waals surface area contributed by atoms with Crippen LogP contribution in [-0.2, 0) is 16.0 Å². The molecule has 5 rings (SSSR count). The summed E-state index contributed by atoms with van der Waals surface area (Å²) in [5.74, 6) is -0.0508. The van der Waals surface area contributed by atoms with E-state index in [1.54, 1.807) is 70.7 Å². The van der Waals surface area contributed by atoms with Crippen molar-refractivity contribution in [2.45, 2.75) is 31.4 Å². The summed E-state index contributed by atoms with van der Waals surface area (Å²) < 4.78 is 31.1. The predicted molar refractivity (Wildman–Crippen MR) is 142 cm³/mol. The fourth-order valence-electron chi connectivity index (χ4n) is 5.03. The number of para-hydroxylation sites is 1. The number of fused-ring (bicyclic) bond motifs is 1. The molecule has 3 heterocycles. The Balaban J connectivity index is 1.35. The number of amides is 2. The molecule has 0 N–H and O–H groups in total. The number of rotatable bonds is 9. The molecule has 0 bridgehead atoms. The molecule has 9 heteroatoms. The van der Waals surface area contributed by atoms with Gasteiger partial charge in [0.1, 0.15) is 18.9 Å². The van der Waals surface area contributed by atoms with Gasteiger partial charge in [-0.05, 0) is 72.7 Å². The summed E-state index contributed by atoms with van der Waals surface area (Å²) in [6.07, 6.45) is 2.41. The van der Waals surface area contributed by atoms with Crippen LogP contribution in [0.25, 0.3) is 0 Å². The van der Waals surface area contributed by atoms with Gasteiger partial charge in [0.25, 0.3) is 5.91 Å². The Morgan fingerprint density at radius 3 is 2.71 bits per heavy atom. The second kappa shape index (κ2) is 12.0. The Morgan fingerprint density at radius 2 is 1.97 bits per heavy atom. The molecule has 0 aliphatic carbocycles. The molecule has 2 aliphatic rings. The maximum absolute atomic E-state index is 14.2. The van der Waals surface area contributed by atoms with Gasteiger partial charge in [-0.25, -0.2) is 4.39 Å². The highest BCUT2D eigenvalue weighted by atomic mass is 32.1. The third-order valence-electron chi connectivity index (χ3n) is 7.05. The molecule has 2 unspecified atom stereocenters. The minimum atomic E-state index is -0.445. The van der Waals surface area contributed by atoms with Gasteiger partial charge in [-0.3, -0.25) is 9.59 Å². The molecule has 2 atom stereocenters. The quantitative estimate of drug-likeness (QED) is 0.394. The number of nitrogens with zero attached hydrogens (tertiary/aromatic N) is 2. The first kappa shape index (κ1) is 26.2. The van der Waals surface area contributed by atoms with Crippen LogP contribution in [0.15, 0.2) is 60.0 Å². The van der Waals surface area contributed by atoms with Gasteiger partial charge in [0, 0.05) is 30.1 Å². The molecule has 2 amide bonds. The van der Waals surface area contributed by atoms with E-state index in [1.165, 1.54) is 10.9 Å². The van der Waals surface area contributed by atoms with Crippen LogP contribution in [-0.4, -0.2) is 67.7 Å². The van der Waals surface area contributed by atoms with E-state index in [0.717, 1.165) is 24.8 Å². The molecule has 2 aliphatic heterocycles. The highest BCUT2D eigenvalue weighted by molar-refractivity contribution is 7.10. The number of hydrogen-bond acceptors (Lipinski definition) is 6. The summed E-state index contributed by atoms with van der Waals surface area (Å²) in [5.41, 5.74) is 1.49. The number of benzene rings is 2. The number of thiophene rings is 1. The van der Waals surface area contributed by atoms with E-state index in [2.05, 4.69) is 0 Å². The van der Waals surface area contributed by atoms with Gasteiger partial charge in [0.15, 0.2) is 11.6 Å². The number of methoxy groups -OCH3 is 1. The topological polar surface area (TPSA) is 68.3 Å². The van der Waals surface area contributed by atoms with E-state index in [4.69, 9.17) is 14.2 Å². The summed E-state index contributed by atoms with van der Waals surface area (Å²) in [6.45, 7) is 1.54. The Morgan fingerprint density at radius 1 is 1.16 bits per heavy atom. The molecule has 0 radical (unpaired) electrons. The lowest BCUT2D eigenvalue weighted by atomic mass is 10.00. The largest absolute Gasteiger partial charge is 0.497 e. The van der Waals surface area contributed by atoms with Crippen LogP contribution in [0.4, 0.5) is 4.39 Å². The van der Waals surface area contributed by atoms with E-state index in [-0.39, 0.29) is 42.9 Å². The van der Waals surface area contributed by atoms with Crippen LogP contribution in [0.1, 0.15) is 39.7 Å². The number of hydrogen-bond donors (Lipinski definition) is 0. The fraction of sp³-hybridized carbons (Fsp3) is 0.379. The first-order chi connectivity index (χ1) is 18.5. The van der Waals surface area contributed by atoms with Crippen molar-refractivity contribution >= 4 is 23.2 Å². The SMILES string of the molecule is COc1ccc(C(=O)N(CC(=O)N2CCc3sccc3C2COc2ccccc2F)CC2CCCO2)cc1. The normalized spacial score (nSPS) is 18.6. The van der Waals surface area contributed by atoms with E-state index in [0.29, 0.717) is 31.0 Å². The van der Waals surface area contributed by atoms with Gasteiger partial charge in [-0.15, -0.1) is 11.3 Å². The van der Waals surface area contributed by atoms with Crippen molar-refractivity contribution in [2.75, 3.05) is 40.0 Å². The lowest BCUT2D eigenvalue weighted by molar-refractivity contribution is -0.135. The van der Waals surface area contributed by atoms with Gasteiger partial charge < -0.3 is 24.0 Å². The lowest BCUT2D eigenvalue weighted by Crippen LogP contribution is -2.49. The average Bonchev–Trinajstić information content (AvgIpc) is 3.64. The first-order valence-electron chi connectivity index (χ1n) is 12.8. The zero-order valence-corrected chi connectivity index (χ0v) is 22.1. The second-order valence-electron chi connectivity index (χ2n) is 9.44. The van der Waals surface area contributed by atoms with Crippen LogP contribution in [0.2, 0.25) is 0 Å². The minimum absolute atomic E-state index is 0.0829. The van der Waals surface area contributed by atoms with E-state index in [9.17, 15) is 14.0 Å². The zero-order chi connectivity index (χ0) is 26.5. The molecular formula is C29H31FN2O5S. The Labute approximate surface area is 225 Å². The zero-order valence-electron chi connectivity index (χ0n) is 21.3. The molecule has 7 nitrogen and oxygen atoms in total. The lowest BCUT2D eigenvalue weighted by Gasteiger charge is -2.37. The predicted octanol–water partition coefficient (Wildman–Crippen LogP) is 4.72. The summed E-state index contributed by atoms with van der Waals surface area (Å²) in [7, 11) is 1.57. The highest BCUT2D eigenvalue weighted by Gasteiger charge is 2.34. The summed E-state index contributed by atoms with van der Waals surface area (Å²) in [4.78, 5) is 31.9. The molecule has 0 spiro atoms. The van der Waals surface area contributed by atoms with Crippen LogP contribution >= 0.6 is 11.3 Å². The monoisotopic (exact) mass is 538 g/mol. The molecule has 1 saturated heterocycles. The Kier molecular flexibility index (Phi) is 8.24. The van der Waals surface area contributed by atoms with Crippen molar-refractivity contribution in [3.8, 4) is 11.5 Å². The van der Waals surface area contributed by atoms with Gasteiger partial charge >= 0.3 is 0 Å². The Hall–Kier alpha value is -3.43. The summed E-state index contributed by atoms with van der Waals surface area (Å²) in [5, 5.41) is 2.01. The summed E-state index contributed by atoms with van der Waals surface area (Å²) in [6, 6.07) is 14.8. The van der Waals surface area contributed by atoms with Crippen molar-refractivity contribution in [3.63, 3.8) is 0 Å². The number of halogens is 1. The van der Waals surface area contributed by atoms with Gasteiger partial charge in [0.2, 0.25) is 5.91 Å². The first-order valence-corrected chi connectivity index (χ1v) is 13.7. The van der Waals surface area contributed by atoms with E-state index < -0.39 is 5.82 Å².